The van der Waals surface area contributed by atoms with Gasteiger partial charge in [0.1, 0.15) is 5.69 Å². The van der Waals surface area contributed by atoms with E-state index in [9.17, 15) is 18.0 Å². The van der Waals surface area contributed by atoms with Crippen molar-refractivity contribution >= 4 is 57.5 Å². The van der Waals surface area contributed by atoms with Gasteiger partial charge in [0.2, 0.25) is 4.80 Å². The average molecular weight is 523 g/mol. The van der Waals surface area contributed by atoms with Crippen molar-refractivity contribution in [3.8, 4) is 11.5 Å². The van der Waals surface area contributed by atoms with Crippen molar-refractivity contribution in [1.29, 1.82) is 0 Å². The maximum atomic E-state index is 13.5. The molecule has 1 aliphatic rings. The lowest BCUT2D eigenvalue weighted by atomic mass is 10.1. The number of anilines is 1. The topological polar surface area (TPSA) is 71.9 Å². The highest BCUT2D eigenvalue weighted by Crippen LogP contribution is 2.37. The second-order valence-corrected chi connectivity index (χ2v) is 8.71. The van der Waals surface area contributed by atoms with Crippen LogP contribution < -0.4 is 10.1 Å². The number of para-hydroxylation sites is 1. The van der Waals surface area contributed by atoms with Crippen LogP contribution in [0.2, 0.25) is 10.0 Å². The van der Waals surface area contributed by atoms with Crippen LogP contribution in [0.25, 0.3) is 11.5 Å². The fourth-order valence-electron chi connectivity index (χ4n) is 3.36. The summed E-state index contributed by atoms with van der Waals surface area (Å²) in [4.78, 5) is 17.0. The molecule has 1 N–H and O–H groups in total. The van der Waals surface area contributed by atoms with Crippen LogP contribution in [0.5, 0.6) is 0 Å². The third-order valence-corrected chi connectivity index (χ3v) is 6.18. The van der Waals surface area contributed by atoms with E-state index >= 15 is 0 Å². The second-order valence-electron chi connectivity index (χ2n) is 7.03. The Labute approximate surface area is 203 Å². The Morgan fingerprint density at radius 2 is 1.88 bits per heavy atom. The summed E-state index contributed by atoms with van der Waals surface area (Å²) >= 11 is 13.3. The molecule has 0 bridgehead atoms. The van der Waals surface area contributed by atoms with Crippen LogP contribution in [0.3, 0.4) is 0 Å². The van der Waals surface area contributed by atoms with E-state index in [-0.39, 0.29) is 21.2 Å². The third kappa shape index (κ3) is 4.04. The van der Waals surface area contributed by atoms with Gasteiger partial charge in [0.15, 0.2) is 11.5 Å². The van der Waals surface area contributed by atoms with E-state index in [2.05, 4.69) is 15.4 Å². The summed E-state index contributed by atoms with van der Waals surface area (Å²) in [5, 5.41) is 9.22. The van der Waals surface area contributed by atoms with Gasteiger partial charge in [0, 0.05) is 16.0 Å². The number of hydrogen-bond acceptors (Lipinski definition) is 5. The first-order valence-corrected chi connectivity index (χ1v) is 11.2. The van der Waals surface area contributed by atoms with Crippen molar-refractivity contribution in [3.63, 3.8) is 0 Å². The predicted octanol–water partition coefficient (Wildman–Crippen LogP) is 6.57. The molecule has 1 aliphatic heterocycles. The van der Waals surface area contributed by atoms with Crippen LogP contribution in [-0.4, -0.2) is 16.3 Å². The third-order valence-electron chi connectivity index (χ3n) is 4.85. The Kier molecular flexibility index (Phi) is 5.59. The van der Waals surface area contributed by atoms with Crippen molar-refractivity contribution < 1.29 is 22.4 Å². The Morgan fingerprint density at radius 1 is 1.09 bits per heavy atom. The highest BCUT2D eigenvalue weighted by molar-refractivity contribution is 7.07. The van der Waals surface area contributed by atoms with Gasteiger partial charge >= 0.3 is 6.18 Å². The lowest BCUT2D eigenvalue weighted by molar-refractivity contribution is -0.137. The number of nitrogens with one attached hydrogen (secondary N) is 1. The first-order chi connectivity index (χ1) is 16.2. The van der Waals surface area contributed by atoms with Crippen LogP contribution in [0.1, 0.15) is 11.1 Å². The quantitative estimate of drug-likeness (QED) is 0.330. The molecule has 2 aromatic carbocycles. The molecule has 0 aliphatic carbocycles. The summed E-state index contributed by atoms with van der Waals surface area (Å²) in [6, 6.07) is 11.2. The van der Waals surface area contributed by atoms with Gasteiger partial charge in [-0.3, -0.25) is 4.79 Å². The van der Waals surface area contributed by atoms with E-state index in [4.69, 9.17) is 27.6 Å². The number of amides is 1. The molecule has 6 nitrogen and oxygen atoms in total. The molecule has 2 aromatic heterocycles. The Hall–Kier alpha value is -3.34. The summed E-state index contributed by atoms with van der Waals surface area (Å²) in [5.74, 6) is -0.168. The Balaban J connectivity index is 1.76. The number of alkyl halides is 3. The van der Waals surface area contributed by atoms with Crippen LogP contribution in [0, 0.1) is 0 Å². The summed E-state index contributed by atoms with van der Waals surface area (Å²) in [5.41, 5.74) is -0.139. The molecular formula is C22H11Cl2F3N4O2S. The second kappa shape index (κ2) is 8.46. The number of carbonyl (C=O) groups excluding carboxylic acids is 1. The number of halogens is 5. The molecule has 3 heterocycles. The zero-order valence-corrected chi connectivity index (χ0v) is 19.1. The smallest absolute Gasteiger partial charge is 0.418 e. The SMILES string of the molecule is O=C1Nc2c(Cl)cc(Cl)cc2/C1=N/n1c(-c2ccco2)csc1=Nc1ccccc1C(F)(F)F. The van der Waals surface area contributed by atoms with Crippen LogP contribution in [-0.2, 0) is 11.0 Å². The Bertz CT molecular complexity index is 1520. The fraction of sp³-hybridized carbons (Fsp3) is 0.0455. The number of benzene rings is 2. The molecule has 1 amide bonds. The van der Waals surface area contributed by atoms with Gasteiger partial charge in [0.05, 0.1) is 28.2 Å². The van der Waals surface area contributed by atoms with Gasteiger partial charge in [-0.1, -0.05) is 35.3 Å². The van der Waals surface area contributed by atoms with E-state index in [1.807, 2.05) is 0 Å². The van der Waals surface area contributed by atoms with E-state index in [1.165, 1.54) is 41.3 Å². The maximum Gasteiger partial charge on any atom is 0.418 e. The fourth-order valence-corrected chi connectivity index (χ4v) is 4.73. The van der Waals surface area contributed by atoms with Crippen LogP contribution >= 0.6 is 34.5 Å². The molecule has 4 aromatic rings. The van der Waals surface area contributed by atoms with Gasteiger partial charge in [-0.15, -0.1) is 11.3 Å². The molecular weight excluding hydrogens is 512 g/mol. The molecule has 0 saturated heterocycles. The van der Waals surface area contributed by atoms with Gasteiger partial charge in [-0.2, -0.15) is 18.3 Å². The largest absolute Gasteiger partial charge is 0.463 e. The zero-order chi connectivity index (χ0) is 24.0. The van der Waals surface area contributed by atoms with Crippen molar-refractivity contribution in [2.24, 2.45) is 10.1 Å². The number of aromatic nitrogens is 1. The monoisotopic (exact) mass is 522 g/mol. The molecule has 12 heteroatoms. The minimum Gasteiger partial charge on any atom is -0.463 e. The van der Waals surface area contributed by atoms with Crippen LogP contribution in [0.4, 0.5) is 24.5 Å². The number of furan rings is 1. The molecule has 0 atom stereocenters. The molecule has 34 heavy (non-hydrogen) atoms. The average Bonchev–Trinajstić information content (AvgIpc) is 3.49. The standard InChI is InChI=1S/C22H11Cl2F3N4O2S/c23-11-8-12-18(14(24)9-11)29-20(32)19(12)30-31-16(17-6-3-7-33-17)10-34-21(31)28-15-5-2-1-4-13(15)22(25,26)27/h1-10H,(H,29,30,32). The zero-order valence-electron chi connectivity index (χ0n) is 16.7. The van der Waals surface area contributed by atoms with E-state index < -0.39 is 17.6 Å². The predicted molar refractivity (Wildman–Crippen MR) is 124 cm³/mol. The Morgan fingerprint density at radius 3 is 2.62 bits per heavy atom. The van der Waals surface area contributed by atoms with E-state index in [0.717, 1.165) is 17.4 Å². The van der Waals surface area contributed by atoms with Crippen molar-refractivity contribution in [3.05, 3.63) is 86.1 Å². The lowest BCUT2D eigenvalue weighted by Gasteiger charge is -2.09. The first-order valence-electron chi connectivity index (χ1n) is 9.57. The first kappa shape index (κ1) is 22.5. The van der Waals surface area contributed by atoms with Gasteiger partial charge < -0.3 is 9.73 Å². The molecule has 0 saturated carbocycles. The number of hydrogen-bond donors (Lipinski definition) is 1. The molecule has 0 radical (unpaired) electrons. The van der Waals surface area contributed by atoms with E-state index in [0.29, 0.717) is 27.7 Å². The maximum absolute atomic E-state index is 13.5. The number of rotatable bonds is 3. The molecule has 0 fully saturated rings. The van der Waals surface area contributed by atoms with Gasteiger partial charge in [-0.25, -0.2) is 9.67 Å². The normalized spacial score (nSPS) is 15.1. The minimum atomic E-state index is -4.60. The molecule has 0 unspecified atom stereocenters. The van der Waals surface area contributed by atoms with Gasteiger partial charge in [-0.05, 0) is 36.4 Å². The summed E-state index contributed by atoms with van der Waals surface area (Å²) < 4.78 is 47.3. The summed E-state index contributed by atoms with van der Waals surface area (Å²) in [7, 11) is 0. The number of fused-ring (bicyclic) bond motifs is 1. The van der Waals surface area contributed by atoms with Crippen molar-refractivity contribution in [1.82, 2.24) is 4.68 Å². The number of thiazole rings is 1. The highest BCUT2D eigenvalue weighted by Gasteiger charge is 2.33. The van der Waals surface area contributed by atoms with Crippen molar-refractivity contribution in [2.45, 2.75) is 6.18 Å². The number of carbonyl (C=O) groups is 1. The number of nitrogens with zero attached hydrogens (tertiary/aromatic N) is 3. The summed E-state index contributed by atoms with van der Waals surface area (Å²) in [6.07, 6.45) is -3.16. The lowest BCUT2D eigenvalue weighted by Crippen LogP contribution is -2.20. The highest BCUT2D eigenvalue weighted by atomic mass is 35.5. The molecule has 0 spiro atoms. The molecule has 5 rings (SSSR count). The van der Waals surface area contributed by atoms with E-state index in [1.54, 1.807) is 17.5 Å². The van der Waals surface area contributed by atoms with Gasteiger partial charge in [0.25, 0.3) is 5.91 Å². The molecule has 172 valence electrons. The van der Waals surface area contributed by atoms with Crippen molar-refractivity contribution in [2.75, 3.05) is 5.32 Å². The van der Waals surface area contributed by atoms with Crippen LogP contribution in [0.15, 0.2) is 74.7 Å². The minimum absolute atomic E-state index is 0.0313. The summed E-state index contributed by atoms with van der Waals surface area (Å²) in [6.45, 7) is 0.